The Morgan fingerprint density at radius 2 is 1.88 bits per heavy atom. The van der Waals surface area contributed by atoms with Gasteiger partial charge in [-0.25, -0.2) is 0 Å². The van der Waals surface area contributed by atoms with Crippen molar-refractivity contribution in [1.82, 2.24) is 14.7 Å². The summed E-state index contributed by atoms with van der Waals surface area (Å²) in [6.45, 7) is 5.53. The molecule has 170 valence electrons. The highest BCUT2D eigenvalue weighted by molar-refractivity contribution is 7.20. The fourth-order valence-electron chi connectivity index (χ4n) is 4.24. The van der Waals surface area contributed by atoms with Gasteiger partial charge in [-0.2, -0.15) is 5.10 Å². The second-order valence-corrected chi connectivity index (χ2v) is 9.58. The lowest BCUT2D eigenvalue weighted by Crippen LogP contribution is -2.48. The topological polar surface area (TPSA) is 50.6 Å². The summed E-state index contributed by atoms with van der Waals surface area (Å²) < 4.78 is 7.30. The van der Waals surface area contributed by atoms with Gasteiger partial charge in [-0.1, -0.05) is 35.9 Å². The summed E-state index contributed by atoms with van der Waals surface area (Å²) >= 11 is 7.86. The first-order valence-corrected chi connectivity index (χ1v) is 12.1. The zero-order valence-corrected chi connectivity index (χ0v) is 20.2. The Hall–Kier alpha value is -3.03. The Bertz CT molecular complexity index is 1310. The third kappa shape index (κ3) is 4.30. The van der Waals surface area contributed by atoms with Crippen molar-refractivity contribution in [3.05, 3.63) is 75.8 Å². The highest BCUT2D eigenvalue weighted by Gasteiger charge is 2.25. The third-order valence-electron chi connectivity index (χ3n) is 6.08. The Morgan fingerprint density at radius 3 is 2.64 bits per heavy atom. The lowest BCUT2D eigenvalue weighted by Gasteiger charge is -2.36. The molecule has 5 rings (SSSR count). The molecule has 1 aliphatic heterocycles. The first-order chi connectivity index (χ1) is 16.0. The average molecular weight is 481 g/mol. The number of fused-ring (bicyclic) bond motifs is 1. The molecule has 1 aliphatic rings. The predicted octanol–water partition coefficient (Wildman–Crippen LogP) is 5.08. The molecular formula is C25H25ClN4O2S. The van der Waals surface area contributed by atoms with Crippen molar-refractivity contribution >= 4 is 44.7 Å². The van der Waals surface area contributed by atoms with E-state index < -0.39 is 0 Å². The van der Waals surface area contributed by atoms with E-state index in [2.05, 4.69) is 16.1 Å². The number of benzene rings is 2. The van der Waals surface area contributed by atoms with Crippen LogP contribution < -0.4 is 9.64 Å². The molecule has 8 heteroatoms. The average Bonchev–Trinajstić information content (AvgIpc) is 3.41. The number of carbonyl (C=O) groups excluding carboxylic acids is 1. The fourth-order valence-corrected chi connectivity index (χ4v) is 5.57. The minimum absolute atomic E-state index is 0.0881. The van der Waals surface area contributed by atoms with Crippen molar-refractivity contribution < 1.29 is 9.53 Å². The second-order valence-electron chi connectivity index (χ2n) is 8.14. The Morgan fingerprint density at radius 1 is 1.09 bits per heavy atom. The van der Waals surface area contributed by atoms with Crippen LogP contribution in [0.15, 0.2) is 54.6 Å². The van der Waals surface area contributed by atoms with Gasteiger partial charge in [-0.15, -0.1) is 11.3 Å². The van der Waals surface area contributed by atoms with Crippen molar-refractivity contribution in [3.8, 4) is 5.75 Å². The molecule has 3 heterocycles. The van der Waals surface area contributed by atoms with E-state index in [-0.39, 0.29) is 5.91 Å². The van der Waals surface area contributed by atoms with E-state index in [0.717, 1.165) is 55.9 Å². The van der Waals surface area contributed by atoms with Crippen LogP contribution in [0.3, 0.4) is 0 Å². The monoisotopic (exact) mass is 480 g/mol. The molecular weight excluding hydrogens is 456 g/mol. The van der Waals surface area contributed by atoms with Gasteiger partial charge >= 0.3 is 0 Å². The van der Waals surface area contributed by atoms with Gasteiger partial charge in [0, 0.05) is 48.3 Å². The molecule has 33 heavy (non-hydrogen) atoms. The molecule has 2 aromatic carbocycles. The van der Waals surface area contributed by atoms with Crippen LogP contribution in [0.1, 0.15) is 20.9 Å². The SMILES string of the molecule is COc1cccc(N2CCN(C(=O)c3cc4c(C)nn(Cc5ccccc5Cl)c4s3)CC2)c1. The lowest BCUT2D eigenvalue weighted by atomic mass is 10.2. The molecule has 0 bridgehead atoms. The molecule has 0 atom stereocenters. The summed E-state index contributed by atoms with van der Waals surface area (Å²) in [7, 11) is 1.68. The standard InChI is InChI=1S/C25H25ClN4O2S/c1-17-21-15-23(33-25(21)30(27-17)16-18-6-3-4-9-22(18)26)24(31)29-12-10-28(11-13-29)19-7-5-8-20(14-19)32-2/h3-9,14-15H,10-13,16H2,1-2H3. The Kier molecular flexibility index (Phi) is 6.00. The number of nitrogens with zero attached hydrogens (tertiary/aromatic N) is 4. The summed E-state index contributed by atoms with van der Waals surface area (Å²) in [6, 6.07) is 17.8. The van der Waals surface area contributed by atoms with Gasteiger partial charge in [-0.05, 0) is 36.8 Å². The number of methoxy groups -OCH3 is 1. The normalized spacial score (nSPS) is 14.2. The van der Waals surface area contributed by atoms with Gasteiger partial charge in [0.1, 0.15) is 10.6 Å². The summed E-state index contributed by atoms with van der Waals surface area (Å²) in [5.74, 6) is 0.933. The van der Waals surface area contributed by atoms with Crippen molar-refractivity contribution in [2.75, 3.05) is 38.2 Å². The number of ether oxygens (including phenoxy) is 1. The van der Waals surface area contributed by atoms with Crippen molar-refractivity contribution in [2.24, 2.45) is 0 Å². The molecule has 2 aromatic heterocycles. The predicted molar refractivity (Wildman–Crippen MR) is 134 cm³/mol. The van der Waals surface area contributed by atoms with E-state index in [9.17, 15) is 4.79 Å². The largest absolute Gasteiger partial charge is 0.497 e. The molecule has 0 spiro atoms. The maximum absolute atomic E-state index is 13.3. The van der Waals surface area contributed by atoms with Gasteiger partial charge in [0.05, 0.1) is 24.2 Å². The van der Waals surface area contributed by atoms with Gasteiger partial charge in [0.2, 0.25) is 0 Å². The number of amides is 1. The zero-order valence-electron chi connectivity index (χ0n) is 18.6. The first kappa shape index (κ1) is 21.8. The summed E-state index contributed by atoms with van der Waals surface area (Å²) in [5, 5.41) is 6.44. The van der Waals surface area contributed by atoms with Crippen LogP contribution in [0.25, 0.3) is 10.2 Å². The maximum Gasteiger partial charge on any atom is 0.264 e. The quantitative estimate of drug-likeness (QED) is 0.399. The number of anilines is 1. The molecule has 1 fully saturated rings. The minimum atomic E-state index is 0.0881. The number of halogens is 1. The molecule has 0 radical (unpaired) electrons. The molecule has 6 nitrogen and oxygen atoms in total. The van der Waals surface area contributed by atoms with Crippen LogP contribution in [0.5, 0.6) is 5.75 Å². The number of carbonyl (C=O) groups is 1. The molecule has 0 unspecified atom stereocenters. The van der Waals surface area contributed by atoms with Crippen LogP contribution in [0.2, 0.25) is 5.02 Å². The number of thiophene rings is 1. The highest BCUT2D eigenvalue weighted by atomic mass is 35.5. The molecule has 1 amide bonds. The van der Waals surface area contributed by atoms with E-state index in [0.29, 0.717) is 19.6 Å². The van der Waals surface area contributed by atoms with Gasteiger partial charge < -0.3 is 14.5 Å². The molecule has 0 saturated carbocycles. The van der Waals surface area contributed by atoms with Gasteiger partial charge in [0.15, 0.2) is 0 Å². The van der Waals surface area contributed by atoms with E-state index in [1.54, 1.807) is 7.11 Å². The summed E-state index contributed by atoms with van der Waals surface area (Å²) in [4.78, 5) is 19.3. The van der Waals surface area contributed by atoms with Crippen LogP contribution in [-0.4, -0.2) is 53.9 Å². The van der Waals surface area contributed by atoms with Crippen LogP contribution >= 0.6 is 22.9 Å². The van der Waals surface area contributed by atoms with Gasteiger partial charge in [0.25, 0.3) is 5.91 Å². The highest BCUT2D eigenvalue weighted by Crippen LogP contribution is 2.31. The molecule has 4 aromatic rings. The second kappa shape index (κ2) is 9.08. The smallest absolute Gasteiger partial charge is 0.264 e. The lowest BCUT2D eigenvalue weighted by molar-refractivity contribution is 0.0751. The van der Waals surface area contributed by atoms with E-state index in [4.69, 9.17) is 16.3 Å². The van der Waals surface area contributed by atoms with Crippen molar-refractivity contribution in [2.45, 2.75) is 13.5 Å². The van der Waals surface area contributed by atoms with Crippen molar-refractivity contribution in [1.29, 1.82) is 0 Å². The Balaban J connectivity index is 1.31. The van der Waals surface area contributed by atoms with E-state index >= 15 is 0 Å². The number of rotatable bonds is 5. The van der Waals surface area contributed by atoms with E-state index in [1.807, 2.05) is 65.0 Å². The number of aryl methyl sites for hydroxylation is 1. The number of piperazine rings is 1. The van der Waals surface area contributed by atoms with Crippen LogP contribution in [0.4, 0.5) is 5.69 Å². The Labute approximate surface area is 201 Å². The minimum Gasteiger partial charge on any atom is -0.497 e. The third-order valence-corrected chi connectivity index (χ3v) is 7.59. The van der Waals surface area contributed by atoms with E-state index in [1.165, 1.54) is 11.3 Å². The molecule has 1 saturated heterocycles. The molecule has 0 N–H and O–H groups in total. The first-order valence-electron chi connectivity index (χ1n) is 10.9. The van der Waals surface area contributed by atoms with Gasteiger partial charge in [-0.3, -0.25) is 9.48 Å². The summed E-state index contributed by atoms with van der Waals surface area (Å²) in [6.07, 6.45) is 0. The molecule has 0 aliphatic carbocycles. The number of hydrogen-bond acceptors (Lipinski definition) is 5. The number of hydrogen-bond donors (Lipinski definition) is 0. The van der Waals surface area contributed by atoms with Crippen LogP contribution in [0, 0.1) is 6.92 Å². The van der Waals surface area contributed by atoms with Crippen LogP contribution in [-0.2, 0) is 6.54 Å². The number of aromatic nitrogens is 2. The maximum atomic E-state index is 13.3. The summed E-state index contributed by atoms with van der Waals surface area (Å²) in [5.41, 5.74) is 3.06. The fraction of sp³-hybridized carbons (Fsp3) is 0.280. The van der Waals surface area contributed by atoms with Crippen molar-refractivity contribution in [3.63, 3.8) is 0 Å². The zero-order chi connectivity index (χ0) is 22.9.